The highest BCUT2D eigenvalue weighted by Gasteiger charge is 2.24. The van der Waals surface area contributed by atoms with Gasteiger partial charge in [0.25, 0.3) is 0 Å². The van der Waals surface area contributed by atoms with Crippen LogP contribution in [0.5, 0.6) is 5.75 Å². The third-order valence-corrected chi connectivity index (χ3v) is 6.52. The van der Waals surface area contributed by atoms with Crippen molar-refractivity contribution in [3.63, 3.8) is 0 Å². The third kappa shape index (κ3) is 5.54. The predicted octanol–water partition coefficient (Wildman–Crippen LogP) is 3.27. The minimum atomic E-state index is -3.43. The first-order valence-electron chi connectivity index (χ1n) is 8.71. The maximum atomic E-state index is 12.4. The third-order valence-electron chi connectivity index (χ3n) is 4.45. The van der Waals surface area contributed by atoms with Crippen molar-refractivity contribution < 1.29 is 13.2 Å². The zero-order valence-corrected chi connectivity index (χ0v) is 16.9. The summed E-state index contributed by atoms with van der Waals surface area (Å²) in [4.78, 5) is 2.64. The van der Waals surface area contributed by atoms with Gasteiger partial charge < -0.3 is 4.74 Å². The molecule has 1 N–H and O–H groups in total. The molecule has 0 atom stereocenters. The zero-order valence-electron chi connectivity index (χ0n) is 14.5. The number of ether oxygens (including phenoxy) is 1. The normalized spacial score (nSPS) is 16.5. The van der Waals surface area contributed by atoms with Crippen LogP contribution >= 0.6 is 15.9 Å². The summed E-state index contributed by atoms with van der Waals surface area (Å²) < 4.78 is 34.4. The second-order valence-corrected chi connectivity index (χ2v) is 8.98. The van der Waals surface area contributed by atoms with E-state index in [1.165, 1.54) is 0 Å². The highest BCUT2D eigenvalue weighted by Crippen LogP contribution is 2.17. The Morgan fingerprint density at radius 2 is 1.69 bits per heavy atom. The number of sulfonamides is 1. The molecule has 0 radical (unpaired) electrons. The van der Waals surface area contributed by atoms with Crippen molar-refractivity contribution >= 4 is 26.0 Å². The molecule has 1 saturated heterocycles. The van der Waals surface area contributed by atoms with Gasteiger partial charge in [-0.15, -0.1) is 0 Å². The number of hydrogen-bond acceptors (Lipinski definition) is 4. The molecule has 7 heteroatoms. The molecular formula is C19H23BrN2O3S. The van der Waals surface area contributed by atoms with E-state index in [1.54, 1.807) is 24.3 Å². The Bertz CT molecular complexity index is 789. The lowest BCUT2D eigenvalue weighted by atomic mass is 10.1. The first-order valence-corrected chi connectivity index (χ1v) is 11.0. The van der Waals surface area contributed by atoms with Gasteiger partial charge in [0.05, 0.1) is 4.90 Å². The molecule has 26 heavy (non-hydrogen) atoms. The van der Waals surface area contributed by atoms with Crippen LogP contribution in [-0.4, -0.2) is 45.6 Å². The van der Waals surface area contributed by atoms with Crippen LogP contribution in [0.3, 0.4) is 0 Å². The average Bonchev–Trinajstić information content (AvgIpc) is 2.65. The van der Waals surface area contributed by atoms with E-state index in [2.05, 4.69) is 25.6 Å². The van der Waals surface area contributed by atoms with Crippen LogP contribution in [0.25, 0.3) is 0 Å². The molecule has 0 spiro atoms. The van der Waals surface area contributed by atoms with Crippen LogP contribution in [0, 0.1) is 0 Å². The minimum Gasteiger partial charge on any atom is -0.492 e. The standard InChI is InChI=1S/C19H23BrN2O3S/c20-16-6-8-18(9-7-16)25-15-14-22-12-10-17(11-13-22)21-26(23,24)19-4-2-1-3-5-19/h1-9,17,21H,10-15H2. The quantitative estimate of drug-likeness (QED) is 0.720. The van der Waals surface area contributed by atoms with Gasteiger partial charge in [-0.05, 0) is 62.3 Å². The summed E-state index contributed by atoms with van der Waals surface area (Å²) in [6.45, 7) is 3.20. The van der Waals surface area contributed by atoms with Gasteiger partial charge in [-0.25, -0.2) is 13.1 Å². The Balaban J connectivity index is 1.41. The molecule has 0 aromatic heterocycles. The molecule has 3 rings (SSSR count). The molecule has 0 bridgehead atoms. The average molecular weight is 439 g/mol. The predicted molar refractivity (Wildman–Crippen MR) is 106 cm³/mol. The summed E-state index contributed by atoms with van der Waals surface area (Å²) in [6.07, 6.45) is 1.62. The topological polar surface area (TPSA) is 58.6 Å². The van der Waals surface area contributed by atoms with Gasteiger partial charge in [0, 0.05) is 17.1 Å². The second kappa shape index (κ2) is 8.99. The number of likely N-dealkylation sites (tertiary alicyclic amines) is 1. The largest absolute Gasteiger partial charge is 0.492 e. The van der Waals surface area contributed by atoms with E-state index in [0.717, 1.165) is 42.7 Å². The Kier molecular flexibility index (Phi) is 6.69. The minimum absolute atomic E-state index is 0.0103. The summed E-state index contributed by atoms with van der Waals surface area (Å²) in [6, 6.07) is 16.3. The van der Waals surface area contributed by atoms with E-state index in [1.807, 2.05) is 30.3 Å². The number of benzene rings is 2. The van der Waals surface area contributed by atoms with E-state index >= 15 is 0 Å². The monoisotopic (exact) mass is 438 g/mol. The van der Waals surface area contributed by atoms with Crippen molar-refractivity contribution in [3.8, 4) is 5.75 Å². The van der Waals surface area contributed by atoms with E-state index in [4.69, 9.17) is 4.74 Å². The molecule has 2 aromatic rings. The van der Waals surface area contributed by atoms with Gasteiger partial charge in [-0.2, -0.15) is 0 Å². The van der Waals surface area contributed by atoms with E-state index in [0.29, 0.717) is 11.5 Å². The molecule has 1 aliphatic rings. The molecule has 2 aromatic carbocycles. The maximum absolute atomic E-state index is 12.4. The van der Waals surface area contributed by atoms with Crippen molar-refractivity contribution in [1.82, 2.24) is 9.62 Å². The number of rotatable bonds is 7. The van der Waals surface area contributed by atoms with E-state index in [9.17, 15) is 8.42 Å². The zero-order chi connectivity index (χ0) is 18.4. The van der Waals surface area contributed by atoms with Gasteiger partial charge in [0.15, 0.2) is 0 Å². The molecule has 1 fully saturated rings. The fourth-order valence-corrected chi connectivity index (χ4v) is 4.58. The van der Waals surface area contributed by atoms with Crippen LogP contribution in [0.2, 0.25) is 0 Å². The van der Waals surface area contributed by atoms with Crippen LogP contribution < -0.4 is 9.46 Å². The number of halogens is 1. The number of hydrogen-bond donors (Lipinski definition) is 1. The number of nitrogens with zero attached hydrogens (tertiary/aromatic N) is 1. The lowest BCUT2D eigenvalue weighted by Crippen LogP contribution is -2.45. The first-order chi connectivity index (χ1) is 12.5. The highest BCUT2D eigenvalue weighted by molar-refractivity contribution is 9.10. The Hall–Kier alpha value is -1.41. The SMILES string of the molecule is O=S(=O)(NC1CCN(CCOc2ccc(Br)cc2)CC1)c1ccccc1. The van der Waals surface area contributed by atoms with Gasteiger partial charge >= 0.3 is 0 Å². The second-order valence-electron chi connectivity index (χ2n) is 6.35. The first kappa shape index (κ1) is 19.4. The van der Waals surface area contributed by atoms with Crippen LogP contribution in [0.15, 0.2) is 64.0 Å². The van der Waals surface area contributed by atoms with Gasteiger partial charge in [0.1, 0.15) is 12.4 Å². The summed E-state index contributed by atoms with van der Waals surface area (Å²) >= 11 is 3.40. The molecule has 1 aliphatic heterocycles. The lowest BCUT2D eigenvalue weighted by molar-refractivity contribution is 0.170. The van der Waals surface area contributed by atoms with Gasteiger partial charge in [-0.3, -0.25) is 4.90 Å². The molecule has 0 saturated carbocycles. The van der Waals surface area contributed by atoms with Crippen molar-refractivity contribution in [2.24, 2.45) is 0 Å². The molecule has 0 amide bonds. The highest BCUT2D eigenvalue weighted by atomic mass is 79.9. The van der Waals surface area contributed by atoms with Crippen molar-refractivity contribution in [1.29, 1.82) is 0 Å². The lowest BCUT2D eigenvalue weighted by Gasteiger charge is -2.32. The summed E-state index contributed by atoms with van der Waals surface area (Å²) in [5, 5.41) is 0. The van der Waals surface area contributed by atoms with Gasteiger partial charge in [-0.1, -0.05) is 34.1 Å². The Labute approximate surface area is 163 Å². The fraction of sp³-hybridized carbons (Fsp3) is 0.368. The number of nitrogens with one attached hydrogen (secondary N) is 1. The van der Waals surface area contributed by atoms with E-state index in [-0.39, 0.29) is 6.04 Å². The van der Waals surface area contributed by atoms with Gasteiger partial charge in [0.2, 0.25) is 10.0 Å². The summed E-state index contributed by atoms with van der Waals surface area (Å²) in [5.41, 5.74) is 0. The molecule has 0 unspecified atom stereocenters. The molecular weight excluding hydrogens is 416 g/mol. The smallest absolute Gasteiger partial charge is 0.240 e. The fourth-order valence-electron chi connectivity index (χ4n) is 2.98. The molecule has 140 valence electrons. The summed E-state index contributed by atoms with van der Waals surface area (Å²) in [5.74, 6) is 0.860. The van der Waals surface area contributed by atoms with Crippen LogP contribution in [-0.2, 0) is 10.0 Å². The van der Waals surface area contributed by atoms with Crippen molar-refractivity contribution in [3.05, 3.63) is 59.1 Å². The number of piperidine rings is 1. The van der Waals surface area contributed by atoms with E-state index < -0.39 is 10.0 Å². The Morgan fingerprint density at radius 3 is 2.35 bits per heavy atom. The molecule has 0 aliphatic carbocycles. The maximum Gasteiger partial charge on any atom is 0.240 e. The molecule has 1 heterocycles. The van der Waals surface area contributed by atoms with Crippen molar-refractivity contribution in [2.75, 3.05) is 26.2 Å². The Morgan fingerprint density at radius 1 is 1.04 bits per heavy atom. The van der Waals surface area contributed by atoms with Crippen molar-refractivity contribution in [2.45, 2.75) is 23.8 Å². The van der Waals surface area contributed by atoms with Crippen LogP contribution in [0.4, 0.5) is 0 Å². The summed E-state index contributed by atoms with van der Waals surface area (Å²) in [7, 11) is -3.43. The van der Waals surface area contributed by atoms with Crippen LogP contribution in [0.1, 0.15) is 12.8 Å². The molecule has 5 nitrogen and oxygen atoms in total.